The number of ether oxygens (including phenoxy) is 2. The van der Waals surface area contributed by atoms with Gasteiger partial charge >= 0.3 is 11.9 Å². The van der Waals surface area contributed by atoms with Gasteiger partial charge in [0.1, 0.15) is 13.2 Å². The minimum Gasteiger partial charge on any atom is -0.484 e. The maximum atomic E-state index is 12.5. The van der Waals surface area contributed by atoms with E-state index in [0.717, 1.165) is 12.1 Å². The summed E-state index contributed by atoms with van der Waals surface area (Å²) in [6.45, 7) is 1.92. The number of hydrogen-bond acceptors (Lipinski definition) is 4. The molecule has 0 spiro atoms. The summed E-state index contributed by atoms with van der Waals surface area (Å²) in [5, 5.41) is 10.8. The second-order valence-electron chi connectivity index (χ2n) is 3.77. The molecule has 5 nitrogen and oxygen atoms in total. The first-order valence-corrected chi connectivity index (χ1v) is 5.82. The van der Waals surface area contributed by atoms with E-state index < -0.39 is 22.4 Å². The van der Waals surface area contributed by atoms with Crippen LogP contribution < -0.4 is 4.74 Å². The highest BCUT2D eigenvalue weighted by molar-refractivity contribution is 5.49. The van der Waals surface area contributed by atoms with Gasteiger partial charge in [-0.05, 0) is 19.1 Å². The average molecular weight is 303 g/mol. The van der Waals surface area contributed by atoms with Crippen LogP contribution in [0.15, 0.2) is 18.2 Å². The highest BCUT2D eigenvalue weighted by Gasteiger charge is 2.33. The number of nitrogens with zero attached hydrogens (tertiary/aromatic N) is 1. The number of rotatable bonds is 6. The van der Waals surface area contributed by atoms with E-state index in [1.165, 1.54) is 0 Å². The standard InChI is InChI=1S/C13H12F3NO4/c1-2-3-6-20-7-8-21-12-5-4-10(13(14,15)16)9-11(12)17(18)19/h4-5,9H,6-8H2,1H3. The second kappa shape index (κ2) is 7.50. The summed E-state index contributed by atoms with van der Waals surface area (Å²) in [7, 11) is 0. The van der Waals surface area contributed by atoms with E-state index in [1.54, 1.807) is 6.92 Å². The van der Waals surface area contributed by atoms with Crippen LogP contribution in [0.1, 0.15) is 12.5 Å². The second-order valence-corrected chi connectivity index (χ2v) is 3.77. The van der Waals surface area contributed by atoms with Crippen LogP contribution in [-0.4, -0.2) is 24.7 Å². The molecule has 0 N–H and O–H groups in total. The van der Waals surface area contributed by atoms with Crippen LogP contribution in [0.25, 0.3) is 0 Å². The van der Waals surface area contributed by atoms with Gasteiger partial charge in [-0.1, -0.05) is 5.92 Å². The smallest absolute Gasteiger partial charge is 0.416 e. The summed E-state index contributed by atoms with van der Waals surface area (Å²) in [4.78, 5) is 9.86. The molecule has 0 unspecified atom stereocenters. The largest absolute Gasteiger partial charge is 0.484 e. The quantitative estimate of drug-likeness (QED) is 0.351. The van der Waals surface area contributed by atoms with Crippen molar-refractivity contribution in [3.8, 4) is 17.6 Å². The van der Waals surface area contributed by atoms with Crippen LogP contribution in [0, 0.1) is 22.0 Å². The molecule has 0 aliphatic heterocycles. The SMILES string of the molecule is CC#CCOCCOc1ccc(C(F)(F)F)cc1[N+](=O)[O-]. The van der Waals surface area contributed by atoms with Gasteiger partial charge < -0.3 is 9.47 Å². The van der Waals surface area contributed by atoms with Gasteiger partial charge in [-0.25, -0.2) is 0 Å². The molecule has 0 aliphatic carbocycles. The third kappa shape index (κ3) is 5.31. The lowest BCUT2D eigenvalue weighted by Crippen LogP contribution is -2.10. The normalized spacial score (nSPS) is 10.7. The topological polar surface area (TPSA) is 61.6 Å². The van der Waals surface area contributed by atoms with Gasteiger partial charge in [0.25, 0.3) is 0 Å². The first-order chi connectivity index (χ1) is 9.86. The first kappa shape index (κ1) is 16.8. The monoisotopic (exact) mass is 303 g/mol. The molecule has 0 aromatic heterocycles. The Bertz CT molecular complexity index is 561. The van der Waals surface area contributed by atoms with E-state index in [1.807, 2.05) is 0 Å². The van der Waals surface area contributed by atoms with Crippen molar-refractivity contribution in [2.75, 3.05) is 19.8 Å². The van der Waals surface area contributed by atoms with Crippen molar-refractivity contribution in [1.29, 1.82) is 0 Å². The lowest BCUT2D eigenvalue weighted by molar-refractivity contribution is -0.386. The molecular formula is C13H12F3NO4. The molecule has 0 atom stereocenters. The Labute approximate surface area is 118 Å². The number of nitro benzene ring substituents is 1. The van der Waals surface area contributed by atoms with E-state index in [2.05, 4.69) is 11.8 Å². The average Bonchev–Trinajstić information content (AvgIpc) is 2.41. The van der Waals surface area contributed by atoms with Crippen molar-refractivity contribution < 1.29 is 27.6 Å². The third-order valence-corrected chi connectivity index (χ3v) is 2.32. The van der Waals surface area contributed by atoms with E-state index in [4.69, 9.17) is 9.47 Å². The van der Waals surface area contributed by atoms with E-state index in [0.29, 0.717) is 6.07 Å². The molecule has 1 aromatic carbocycles. The van der Waals surface area contributed by atoms with Crippen molar-refractivity contribution >= 4 is 5.69 Å². The molecule has 0 amide bonds. The Morgan fingerprint density at radius 1 is 1.33 bits per heavy atom. The van der Waals surface area contributed by atoms with Crippen LogP contribution in [0.4, 0.5) is 18.9 Å². The number of benzene rings is 1. The Hall–Kier alpha value is -2.27. The molecule has 0 aliphatic rings. The molecule has 1 aromatic rings. The van der Waals surface area contributed by atoms with Crippen molar-refractivity contribution in [1.82, 2.24) is 0 Å². The molecule has 8 heteroatoms. The lowest BCUT2D eigenvalue weighted by Gasteiger charge is -2.10. The summed E-state index contributed by atoms with van der Waals surface area (Å²) in [5.41, 5.74) is -1.84. The van der Waals surface area contributed by atoms with Crippen molar-refractivity contribution in [2.45, 2.75) is 13.1 Å². The van der Waals surface area contributed by atoms with Crippen LogP contribution in [0.3, 0.4) is 0 Å². The van der Waals surface area contributed by atoms with Crippen LogP contribution in [0.5, 0.6) is 5.75 Å². The summed E-state index contributed by atoms with van der Waals surface area (Å²) in [6.07, 6.45) is -4.65. The van der Waals surface area contributed by atoms with Crippen molar-refractivity contribution in [3.05, 3.63) is 33.9 Å². The van der Waals surface area contributed by atoms with Crippen LogP contribution in [0.2, 0.25) is 0 Å². The van der Waals surface area contributed by atoms with Crippen LogP contribution in [-0.2, 0) is 10.9 Å². The lowest BCUT2D eigenvalue weighted by atomic mass is 10.2. The van der Waals surface area contributed by atoms with Gasteiger partial charge in [-0.15, -0.1) is 5.92 Å². The van der Waals surface area contributed by atoms with Gasteiger partial charge in [0.05, 0.1) is 17.1 Å². The van der Waals surface area contributed by atoms with E-state index in [-0.39, 0.29) is 25.6 Å². The number of halogens is 3. The van der Waals surface area contributed by atoms with Crippen LogP contribution >= 0.6 is 0 Å². The molecule has 0 saturated heterocycles. The fourth-order valence-corrected chi connectivity index (χ4v) is 1.36. The Morgan fingerprint density at radius 3 is 2.62 bits per heavy atom. The number of nitro groups is 1. The van der Waals surface area contributed by atoms with Crippen molar-refractivity contribution in [3.63, 3.8) is 0 Å². The molecule has 114 valence electrons. The third-order valence-electron chi connectivity index (χ3n) is 2.32. The zero-order valence-electron chi connectivity index (χ0n) is 11.1. The van der Waals surface area contributed by atoms with E-state index >= 15 is 0 Å². The van der Waals surface area contributed by atoms with E-state index in [9.17, 15) is 23.3 Å². The zero-order valence-corrected chi connectivity index (χ0v) is 11.1. The zero-order chi connectivity index (χ0) is 15.9. The Morgan fingerprint density at radius 2 is 2.05 bits per heavy atom. The predicted molar refractivity (Wildman–Crippen MR) is 67.9 cm³/mol. The fraction of sp³-hybridized carbons (Fsp3) is 0.385. The molecule has 0 radical (unpaired) electrons. The van der Waals surface area contributed by atoms with Gasteiger partial charge in [0, 0.05) is 6.07 Å². The van der Waals surface area contributed by atoms with Gasteiger partial charge in [-0.2, -0.15) is 13.2 Å². The Balaban J connectivity index is 2.73. The maximum absolute atomic E-state index is 12.5. The van der Waals surface area contributed by atoms with Gasteiger partial charge in [0.15, 0.2) is 5.75 Å². The first-order valence-electron chi connectivity index (χ1n) is 5.82. The molecule has 0 bridgehead atoms. The highest BCUT2D eigenvalue weighted by Crippen LogP contribution is 2.35. The minimum atomic E-state index is -4.65. The Kier molecular flexibility index (Phi) is 5.99. The molecule has 0 fully saturated rings. The molecule has 0 heterocycles. The minimum absolute atomic E-state index is 0.0302. The molecule has 21 heavy (non-hydrogen) atoms. The van der Waals surface area contributed by atoms with Crippen molar-refractivity contribution in [2.24, 2.45) is 0 Å². The summed E-state index contributed by atoms with van der Waals surface area (Å²) in [5.74, 6) is 5.01. The highest BCUT2D eigenvalue weighted by atomic mass is 19.4. The maximum Gasteiger partial charge on any atom is 0.416 e. The number of alkyl halides is 3. The predicted octanol–water partition coefficient (Wildman–Crippen LogP) is 3.03. The molecule has 1 rings (SSSR count). The summed E-state index contributed by atoms with van der Waals surface area (Å²) < 4.78 is 47.6. The van der Waals surface area contributed by atoms with Gasteiger partial charge in [0.2, 0.25) is 0 Å². The molecule has 0 saturated carbocycles. The van der Waals surface area contributed by atoms with Gasteiger partial charge in [-0.3, -0.25) is 10.1 Å². The molecular weight excluding hydrogens is 291 g/mol. The fourth-order valence-electron chi connectivity index (χ4n) is 1.36. The summed E-state index contributed by atoms with van der Waals surface area (Å²) >= 11 is 0. The number of hydrogen-bond donors (Lipinski definition) is 0. The summed E-state index contributed by atoms with van der Waals surface area (Å²) in [6, 6.07) is 2.09.